The van der Waals surface area contributed by atoms with E-state index >= 15 is 0 Å². The van der Waals surface area contributed by atoms with Crippen LogP contribution in [0.1, 0.15) is 28.3 Å². The van der Waals surface area contributed by atoms with Gasteiger partial charge in [0.05, 0.1) is 0 Å². The summed E-state index contributed by atoms with van der Waals surface area (Å²) in [6, 6.07) is 19.9. The predicted molar refractivity (Wildman–Crippen MR) is 77.2 cm³/mol. The van der Waals surface area contributed by atoms with Crippen LogP contribution in [0.2, 0.25) is 0 Å². The maximum atomic E-state index is 12.6. The Morgan fingerprint density at radius 3 is 2.21 bits per heavy atom. The molecule has 19 heavy (non-hydrogen) atoms. The van der Waals surface area contributed by atoms with Crippen LogP contribution in [0.5, 0.6) is 0 Å². The molecule has 0 aromatic heterocycles. The molecule has 2 aromatic rings. The highest BCUT2D eigenvalue weighted by Gasteiger charge is 2.30. The van der Waals surface area contributed by atoms with Crippen LogP contribution < -0.4 is 0 Å². The average Bonchev–Trinajstić information content (AvgIpc) is 2.98. The molecular weight excluding hydrogens is 232 g/mol. The van der Waals surface area contributed by atoms with Gasteiger partial charge in [0, 0.05) is 17.4 Å². The zero-order valence-corrected chi connectivity index (χ0v) is 10.7. The van der Waals surface area contributed by atoms with E-state index in [-0.39, 0.29) is 17.6 Å². The number of hydrogen-bond donors (Lipinski definition) is 0. The van der Waals surface area contributed by atoms with Gasteiger partial charge in [-0.25, -0.2) is 0 Å². The Hall–Kier alpha value is -2.15. The second-order valence-electron chi connectivity index (χ2n) is 4.94. The normalized spacial score (nSPS) is 21.5. The molecule has 0 radical (unpaired) electrons. The molecule has 3 rings (SSSR count). The number of carbonyl (C=O) groups is 1. The maximum Gasteiger partial charge on any atom is 0.170 e. The number of rotatable bonds is 3. The van der Waals surface area contributed by atoms with Crippen molar-refractivity contribution in [3.63, 3.8) is 0 Å². The van der Waals surface area contributed by atoms with Crippen LogP contribution in [0.4, 0.5) is 0 Å². The number of Topliss-reactive ketones (excluding diaryl/α,β-unsaturated/α-hetero) is 1. The zero-order chi connectivity index (χ0) is 13.1. The van der Waals surface area contributed by atoms with Crippen molar-refractivity contribution in [1.29, 1.82) is 0 Å². The minimum Gasteiger partial charge on any atom is -0.293 e. The molecule has 94 valence electrons. The van der Waals surface area contributed by atoms with Gasteiger partial charge in [0.25, 0.3) is 0 Å². The molecule has 0 saturated carbocycles. The first-order chi connectivity index (χ1) is 9.36. The first kappa shape index (κ1) is 11.9. The van der Waals surface area contributed by atoms with E-state index in [2.05, 4.69) is 24.3 Å². The number of hydrogen-bond acceptors (Lipinski definition) is 1. The molecule has 0 bridgehead atoms. The molecule has 0 N–H and O–H groups in total. The molecule has 1 aliphatic carbocycles. The summed E-state index contributed by atoms with van der Waals surface area (Å²) in [5, 5.41) is 0. The van der Waals surface area contributed by atoms with Gasteiger partial charge in [-0.2, -0.15) is 0 Å². The predicted octanol–water partition coefficient (Wildman–Crippen LogP) is 4.23. The van der Waals surface area contributed by atoms with Crippen LogP contribution in [0, 0.1) is 5.92 Å². The van der Waals surface area contributed by atoms with Crippen molar-refractivity contribution in [1.82, 2.24) is 0 Å². The van der Waals surface area contributed by atoms with Gasteiger partial charge < -0.3 is 0 Å². The summed E-state index contributed by atoms with van der Waals surface area (Å²) >= 11 is 0. The molecule has 0 heterocycles. The Labute approximate surface area is 113 Å². The van der Waals surface area contributed by atoms with E-state index in [0.717, 1.165) is 12.0 Å². The van der Waals surface area contributed by atoms with E-state index in [1.165, 1.54) is 5.56 Å². The molecule has 2 atom stereocenters. The standard InChI is InChI=1S/C18H16O/c19-18(15-10-5-2-6-11-15)17-13-7-12-16(17)14-8-3-1-4-9-14/h1-11,13,16-17H,12H2. The molecule has 0 spiro atoms. The molecule has 1 nitrogen and oxygen atoms in total. The molecular formula is C18H16O. The van der Waals surface area contributed by atoms with Crippen LogP contribution >= 0.6 is 0 Å². The van der Waals surface area contributed by atoms with E-state index in [1.54, 1.807) is 0 Å². The lowest BCUT2D eigenvalue weighted by Gasteiger charge is -2.18. The first-order valence-corrected chi connectivity index (χ1v) is 6.67. The van der Waals surface area contributed by atoms with Crippen LogP contribution in [0.3, 0.4) is 0 Å². The summed E-state index contributed by atoms with van der Waals surface area (Å²) in [4.78, 5) is 12.6. The van der Waals surface area contributed by atoms with Crippen molar-refractivity contribution < 1.29 is 4.79 Å². The molecule has 2 unspecified atom stereocenters. The third-order valence-corrected chi connectivity index (χ3v) is 3.76. The lowest BCUT2D eigenvalue weighted by atomic mass is 9.83. The minimum absolute atomic E-state index is 0.0233. The Morgan fingerprint density at radius 2 is 1.53 bits per heavy atom. The third kappa shape index (κ3) is 2.37. The van der Waals surface area contributed by atoms with Gasteiger partial charge in [-0.1, -0.05) is 72.8 Å². The molecule has 1 aliphatic rings. The highest BCUT2D eigenvalue weighted by Crippen LogP contribution is 2.36. The van der Waals surface area contributed by atoms with Gasteiger partial charge >= 0.3 is 0 Å². The van der Waals surface area contributed by atoms with Crippen LogP contribution in [0.25, 0.3) is 0 Å². The fraction of sp³-hybridized carbons (Fsp3) is 0.167. The Morgan fingerprint density at radius 1 is 0.895 bits per heavy atom. The van der Waals surface area contributed by atoms with Crippen molar-refractivity contribution in [2.24, 2.45) is 5.92 Å². The van der Waals surface area contributed by atoms with Gasteiger partial charge in [-0.05, 0) is 12.0 Å². The van der Waals surface area contributed by atoms with Crippen LogP contribution in [-0.4, -0.2) is 5.78 Å². The number of benzene rings is 2. The topological polar surface area (TPSA) is 17.1 Å². The second kappa shape index (κ2) is 5.23. The van der Waals surface area contributed by atoms with Gasteiger partial charge in [-0.15, -0.1) is 0 Å². The number of allylic oxidation sites excluding steroid dienone is 2. The molecule has 1 heteroatoms. The highest BCUT2D eigenvalue weighted by molar-refractivity contribution is 5.99. The molecule has 0 fully saturated rings. The van der Waals surface area contributed by atoms with E-state index in [9.17, 15) is 4.79 Å². The summed E-state index contributed by atoms with van der Waals surface area (Å²) < 4.78 is 0. The Balaban J connectivity index is 1.88. The van der Waals surface area contributed by atoms with E-state index in [1.807, 2.05) is 48.5 Å². The molecule has 0 saturated heterocycles. The fourth-order valence-electron chi connectivity index (χ4n) is 2.76. The molecule has 2 aromatic carbocycles. The van der Waals surface area contributed by atoms with E-state index in [4.69, 9.17) is 0 Å². The zero-order valence-electron chi connectivity index (χ0n) is 10.7. The SMILES string of the molecule is O=C(c1ccccc1)C1C=CCC1c1ccccc1. The average molecular weight is 248 g/mol. The van der Waals surface area contributed by atoms with Crippen molar-refractivity contribution >= 4 is 5.78 Å². The van der Waals surface area contributed by atoms with E-state index < -0.39 is 0 Å². The Bertz CT molecular complexity index is 584. The number of carbonyl (C=O) groups excluding carboxylic acids is 1. The monoisotopic (exact) mass is 248 g/mol. The summed E-state index contributed by atoms with van der Waals surface area (Å²) in [6.45, 7) is 0. The third-order valence-electron chi connectivity index (χ3n) is 3.76. The summed E-state index contributed by atoms with van der Waals surface area (Å²) in [5.74, 6) is 0.488. The largest absolute Gasteiger partial charge is 0.293 e. The summed E-state index contributed by atoms with van der Waals surface area (Å²) in [6.07, 6.45) is 5.14. The quantitative estimate of drug-likeness (QED) is 0.587. The van der Waals surface area contributed by atoms with Crippen molar-refractivity contribution in [3.8, 4) is 0 Å². The summed E-state index contributed by atoms with van der Waals surface area (Å²) in [7, 11) is 0. The van der Waals surface area contributed by atoms with Crippen molar-refractivity contribution in [3.05, 3.63) is 83.9 Å². The second-order valence-corrected chi connectivity index (χ2v) is 4.94. The summed E-state index contributed by atoms with van der Waals surface area (Å²) in [5.41, 5.74) is 2.06. The number of ketones is 1. The molecule has 0 aliphatic heterocycles. The smallest absolute Gasteiger partial charge is 0.170 e. The van der Waals surface area contributed by atoms with Gasteiger partial charge in [-0.3, -0.25) is 4.79 Å². The minimum atomic E-state index is -0.0233. The van der Waals surface area contributed by atoms with Crippen molar-refractivity contribution in [2.75, 3.05) is 0 Å². The van der Waals surface area contributed by atoms with Crippen molar-refractivity contribution in [2.45, 2.75) is 12.3 Å². The van der Waals surface area contributed by atoms with Crippen LogP contribution in [-0.2, 0) is 0 Å². The Kier molecular flexibility index (Phi) is 3.28. The van der Waals surface area contributed by atoms with E-state index in [0.29, 0.717) is 0 Å². The van der Waals surface area contributed by atoms with Gasteiger partial charge in [0.15, 0.2) is 5.78 Å². The maximum absolute atomic E-state index is 12.6. The lowest BCUT2D eigenvalue weighted by Crippen LogP contribution is -2.17. The highest BCUT2D eigenvalue weighted by atomic mass is 16.1. The first-order valence-electron chi connectivity index (χ1n) is 6.67. The van der Waals surface area contributed by atoms with Gasteiger partial charge in [0.1, 0.15) is 0 Å². The van der Waals surface area contributed by atoms with Crippen LogP contribution in [0.15, 0.2) is 72.8 Å². The fourth-order valence-corrected chi connectivity index (χ4v) is 2.76. The molecule has 0 amide bonds. The van der Waals surface area contributed by atoms with Gasteiger partial charge in [0.2, 0.25) is 0 Å². The lowest BCUT2D eigenvalue weighted by molar-refractivity contribution is 0.0935.